The summed E-state index contributed by atoms with van der Waals surface area (Å²) in [6.07, 6.45) is -2.83. The van der Waals surface area contributed by atoms with Crippen molar-refractivity contribution >= 4 is 11.9 Å². The first-order valence-electron chi connectivity index (χ1n) is 8.21. The highest BCUT2D eigenvalue weighted by Gasteiger charge is 2.32. The second-order valence-corrected chi connectivity index (χ2v) is 5.50. The number of nitrogens with zero attached hydrogens (tertiary/aromatic N) is 3. The van der Waals surface area contributed by atoms with E-state index >= 15 is 0 Å². The van der Waals surface area contributed by atoms with Gasteiger partial charge in [-0.3, -0.25) is 4.99 Å². The number of hydrogen-bond acceptors (Lipinski definition) is 4. The molecule has 0 saturated heterocycles. The third-order valence-corrected chi connectivity index (χ3v) is 3.47. The Labute approximate surface area is 154 Å². The number of aromatic nitrogens is 2. The predicted molar refractivity (Wildman–Crippen MR) is 95.0 cm³/mol. The zero-order chi connectivity index (χ0) is 19.7. The lowest BCUT2D eigenvalue weighted by atomic mass is 10.1. The van der Waals surface area contributed by atoms with Crippen molar-refractivity contribution in [3.8, 4) is 0 Å². The lowest BCUT2D eigenvalue weighted by molar-refractivity contribution is -0.141. The standard InChI is InChI=1S/C17H20F4N6/c1-22-15(23-7-5-12-3-2-4-13(18)11-12)25-9-10-26-16-24-8-6-14(27-16)17(19,20)21/h2-4,6,8,11H,5,7,9-10H2,1H3,(H2,22,23,25)(H,24,26,27). The number of aliphatic imine (C=N–C) groups is 1. The van der Waals surface area contributed by atoms with Gasteiger partial charge in [-0.15, -0.1) is 0 Å². The molecule has 3 N–H and O–H groups in total. The van der Waals surface area contributed by atoms with Crippen molar-refractivity contribution in [3.63, 3.8) is 0 Å². The highest BCUT2D eigenvalue weighted by molar-refractivity contribution is 5.79. The summed E-state index contributed by atoms with van der Waals surface area (Å²) in [5, 5.41) is 8.80. The molecule has 0 fully saturated rings. The van der Waals surface area contributed by atoms with Crippen LogP contribution < -0.4 is 16.0 Å². The van der Waals surface area contributed by atoms with E-state index in [2.05, 4.69) is 30.9 Å². The Kier molecular flexibility index (Phi) is 7.33. The molecule has 0 amide bonds. The maximum atomic E-state index is 13.1. The monoisotopic (exact) mass is 384 g/mol. The molecule has 1 heterocycles. The summed E-state index contributed by atoms with van der Waals surface area (Å²) in [6, 6.07) is 7.16. The van der Waals surface area contributed by atoms with Gasteiger partial charge in [-0.25, -0.2) is 14.4 Å². The molecule has 0 saturated carbocycles. The van der Waals surface area contributed by atoms with Crippen molar-refractivity contribution in [1.29, 1.82) is 0 Å². The molecule has 0 radical (unpaired) electrons. The van der Waals surface area contributed by atoms with E-state index in [1.165, 1.54) is 12.1 Å². The number of rotatable bonds is 7. The molecule has 2 rings (SSSR count). The van der Waals surface area contributed by atoms with Gasteiger partial charge in [0.2, 0.25) is 5.95 Å². The number of halogens is 4. The average molecular weight is 384 g/mol. The van der Waals surface area contributed by atoms with Gasteiger partial charge < -0.3 is 16.0 Å². The van der Waals surface area contributed by atoms with E-state index in [1.54, 1.807) is 13.1 Å². The van der Waals surface area contributed by atoms with Gasteiger partial charge in [-0.2, -0.15) is 13.2 Å². The third kappa shape index (κ3) is 7.08. The van der Waals surface area contributed by atoms with Crippen LogP contribution in [0.4, 0.5) is 23.5 Å². The van der Waals surface area contributed by atoms with E-state index in [-0.39, 0.29) is 11.8 Å². The zero-order valence-corrected chi connectivity index (χ0v) is 14.6. The number of alkyl halides is 3. The molecule has 146 valence electrons. The number of anilines is 1. The Morgan fingerprint density at radius 1 is 1.11 bits per heavy atom. The van der Waals surface area contributed by atoms with Crippen LogP contribution in [0.1, 0.15) is 11.3 Å². The molecule has 0 spiro atoms. The van der Waals surface area contributed by atoms with Crippen molar-refractivity contribution < 1.29 is 17.6 Å². The number of benzene rings is 1. The molecule has 0 bridgehead atoms. The summed E-state index contributed by atoms with van der Waals surface area (Å²) < 4.78 is 50.9. The summed E-state index contributed by atoms with van der Waals surface area (Å²) in [7, 11) is 1.60. The Balaban J connectivity index is 1.70. The Morgan fingerprint density at radius 3 is 2.59 bits per heavy atom. The van der Waals surface area contributed by atoms with Crippen LogP contribution in [0.5, 0.6) is 0 Å². The molecule has 1 aromatic heterocycles. The van der Waals surface area contributed by atoms with Crippen LogP contribution in [-0.4, -0.2) is 42.6 Å². The first-order chi connectivity index (χ1) is 12.9. The van der Waals surface area contributed by atoms with Gasteiger partial charge in [-0.1, -0.05) is 12.1 Å². The molecular weight excluding hydrogens is 364 g/mol. The maximum Gasteiger partial charge on any atom is 0.433 e. The van der Waals surface area contributed by atoms with Crippen LogP contribution in [0.15, 0.2) is 41.5 Å². The van der Waals surface area contributed by atoms with Crippen LogP contribution in [0.3, 0.4) is 0 Å². The second-order valence-electron chi connectivity index (χ2n) is 5.50. The average Bonchev–Trinajstić information content (AvgIpc) is 2.63. The second kappa shape index (κ2) is 9.70. The number of guanidine groups is 1. The third-order valence-electron chi connectivity index (χ3n) is 3.47. The lowest BCUT2D eigenvalue weighted by Crippen LogP contribution is -2.40. The summed E-state index contributed by atoms with van der Waals surface area (Å²) in [4.78, 5) is 11.2. The fourth-order valence-electron chi connectivity index (χ4n) is 2.20. The van der Waals surface area contributed by atoms with Gasteiger partial charge >= 0.3 is 6.18 Å². The van der Waals surface area contributed by atoms with Crippen LogP contribution in [-0.2, 0) is 12.6 Å². The van der Waals surface area contributed by atoms with Gasteiger partial charge in [-0.05, 0) is 30.2 Å². The first-order valence-corrected chi connectivity index (χ1v) is 8.21. The highest BCUT2D eigenvalue weighted by Crippen LogP contribution is 2.27. The maximum absolute atomic E-state index is 13.1. The van der Waals surface area contributed by atoms with Crippen molar-refractivity contribution in [2.75, 3.05) is 32.0 Å². The lowest BCUT2D eigenvalue weighted by Gasteiger charge is -2.13. The largest absolute Gasteiger partial charge is 0.433 e. The van der Waals surface area contributed by atoms with E-state index in [4.69, 9.17) is 0 Å². The number of nitrogens with one attached hydrogen (secondary N) is 3. The van der Waals surface area contributed by atoms with Gasteiger partial charge in [0, 0.05) is 32.9 Å². The van der Waals surface area contributed by atoms with Crippen LogP contribution in [0.2, 0.25) is 0 Å². The van der Waals surface area contributed by atoms with Crippen molar-refractivity contribution in [2.24, 2.45) is 4.99 Å². The minimum atomic E-state index is -4.51. The van der Waals surface area contributed by atoms with Crippen molar-refractivity contribution in [1.82, 2.24) is 20.6 Å². The van der Waals surface area contributed by atoms with Gasteiger partial charge in [0.1, 0.15) is 11.5 Å². The van der Waals surface area contributed by atoms with E-state index in [0.29, 0.717) is 32.0 Å². The highest BCUT2D eigenvalue weighted by atomic mass is 19.4. The van der Waals surface area contributed by atoms with Crippen LogP contribution in [0, 0.1) is 5.82 Å². The van der Waals surface area contributed by atoms with Crippen molar-refractivity contribution in [2.45, 2.75) is 12.6 Å². The fraction of sp³-hybridized carbons (Fsp3) is 0.353. The molecule has 0 aliphatic carbocycles. The molecular formula is C17H20F4N6. The summed E-state index contributed by atoms with van der Waals surface area (Å²) in [5.41, 5.74) is -0.135. The molecule has 2 aromatic rings. The van der Waals surface area contributed by atoms with Crippen LogP contribution >= 0.6 is 0 Å². The SMILES string of the molecule is CN=C(NCCNc1nccc(C(F)(F)F)n1)NCCc1cccc(F)c1. The minimum Gasteiger partial charge on any atom is -0.356 e. The van der Waals surface area contributed by atoms with Gasteiger partial charge in [0.15, 0.2) is 5.96 Å². The minimum absolute atomic E-state index is 0.0966. The molecule has 0 atom stereocenters. The number of hydrogen-bond donors (Lipinski definition) is 3. The Morgan fingerprint density at radius 2 is 1.89 bits per heavy atom. The zero-order valence-electron chi connectivity index (χ0n) is 14.6. The predicted octanol–water partition coefficient (Wildman–Crippen LogP) is 2.45. The summed E-state index contributed by atoms with van der Waals surface area (Å²) in [5.74, 6) is 0.150. The van der Waals surface area contributed by atoms with E-state index in [0.717, 1.165) is 17.8 Å². The molecule has 1 aromatic carbocycles. The Hall–Kier alpha value is -2.91. The molecule has 0 aliphatic heterocycles. The van der Waals surface area contributed by atoms with E-state index in [9.17, 15) is 17.6 Å². The van der Waals surface area contributed by atoms with Crippen LogP contribution in [0.25, 0.3) is 0 Å². The smallest absolute Gasteiger partial charge is 0.356 e. The first kappa shape index (κ1) is 20.4. The van der Waals surface area contributed by atoms with E-state index in [1.807, 2.05) is 6.07 Å². The molecule has 10 heteroatoms. The molecule has 0 aliphatic rings. The van der Waals surface area contributed by atoms with Gasteiger partial charge in [0.25, 0.3) is 0 Å². The summed E-state index contributed by atoms with van der Waals surface area (Å²) in [6.45, 7) is 1.23. The Bertz CT molecular complexity index is 763. The van der Waals surface area contributed by atoms with Crippen molar-refractivity contribution in [3.05, 3.63) is 53.6 Å². The molecule has 6 nitrogen and oxygen atoms in total. The normalized spacial score (nSPS) is 12.0. The molecule has 0 unspecified atom stereocenters. The fourth-order valence-corrected chi connectivity index (χ4v) is 2.20. The summed E-state index contributed by atoms with van der Waals surface area (Å²) >= 11 is 0. The topological polar surface area (TPSA) is 74.2 Å². The quantitative estimate of drug-likeness (QED) is 0.296. The van der Waals surface area contributed by atoms with E-state index < -0.39 is 11.9 Å². The van der Waals surface area contributed by atoms with Gasteiger partial charge in [0.05, 0.1) is 0 Å². The molecule has 27 heavy (non-hydrogen) atoms.